The zero-order valence-corrected chi connectivity index (χ0v) is 10.9. The van der Waals surface area contributed by atoms with E-state index in [4.69, 9.17) is 10.00 Å². The minimum absolute atomic E-state index is 0.0245. The average molecular weight is 279 g/mol. The third-order valence-corrected chi connectivity index (χ3v) is 3.09. The van der Waals surface area contributed by atoms with Gasteiger partial charge in [0.05, 0.1) is 11.6 Å². The number of para-hydroxylation sites is 2. The molecule has 0 heterocycles. The van der Waals surface area contributed by atoms with E-state index < -0.39 is 5.82 Å². The molecule has 0 aliphatic rings. The number of hydrogen-bond acceptors (Lipinski definition) is 3. The third-order valence-electron chi connectivity index (χ3n) is 3.09. The normalized spacial score (nSPS) is 10.3. The summed E-state index contributed by atoms with van der Waals surface area (Å²) in [5.74, 6) is 0.0383. The van der Waals surface area contributed by atoms with Crippen LogP contribution in [0.3, 0.4) is 0 Å². The van der Waals surface area contributed by atoms with Gasteiger partial charge in [-0.2, -0.15) is 5.26 Å². The van der Waals surface area contributed by atoms with Crippen molar-refractivity contribution in [3.05, 3.63) is 66.0 Å². The Kier molecular flexibility index (Phi) is 3.17. The summed E-state index contributed by atoms with van der Waals surface area (Å²) >= 11 is 0. The van der Waals surface area contributed by atoms with Crippen LogP contribution in [0.4, 0.5) is 4.39 Å². The number of rotatable bonds is 2. The first-order valence-corrected chi connectivity index (χ1v) is 6.26. The lowest BCUT2D eigenvalue weighted by Gasteiger charge is -2.10. The molecule has 0 saturated heterocycles. The number of fused-ring (bicyclic) bond motifs is 1. The van der Waals surface area contributed by atoms with Crippen LogP contribution < -0.4 is 4.74 Å². The van der Waals surface area contributed by atoms with Crippen molar-refractivity contribution < 1.29 is 14.2 Å². The van der Waals surface area contributed by atoms with Gasteiger partial charge in [-0.25, -0.2) is 4.39 Å². The van der Waals surface area contributed by atoms with E-state index in [2.05, 4.69) is 0 Å². The van der Waals surface area contributed by atoms with Crippen LogP contribution in [0.1, 0.15) is 5.56 Å². The molecule has 3 aromatic rings. The first-order chi connectivity index (χ1) is 10.2. The zero-order valence-electron chi connectivity index (χ0n) is 10.9. The lowest BCUT2D eigenvalue weighted by atomic mass is 10.1. The largest absolute Gasteiger partial charge is 0.504 e. The Balaban J connectivity index is 2.14. The van der Waals surface area contributed by atoms with E-state index in [9.17, 15) is 9.50 Å². The van der Waals surface area contributed by atoms with Crippen LogP contribution in [-0.4, -0.2) is 5.11 Å². The maximum Gasteiger partial charge on any atom is 0.169 e. The van der Waals surface area contributed by atoms with E-state index in [-0.39, 0.29) is 17.2 Å². The van der Waals surface area contributed by atoms with Gasteiger partial charge in [-0.3, -0.25) is 0 Å². The fraction of sp³-hybridized carbons (Fsp3) is 0. The molecular formula is C17H10FNO2. The molecule has 0 aliphatic carbocycles. The Hall–Kier alpha value is -3.06. The minimum atomic E-state index is -0.469. The van der Waals surface area contributed by atoms with Gasteiger partial charge in [0.1, 0.15) is 11.6 Å². The number of hydrogen-bond donors (Lipinski definition) is 1. The molecule has 1 N–H and O–H groups in total. The molecule has 0 amide bonds. The van der Waals surface area contributed by atoms with Crippen LogP contribution in [-0.2, 0) is 0 Å². The number of phenols is 1. The molecule has 102 valence electrons. The standard InChI is InChI=1S/C17H10FNO2/c18-13-8-12-7-11(10-19)5-6-14(12)17(9-13)21-16-4-2-1-3-15(16)20/h1-9,20H. The molecule has 4 heteroatoms. The third kappa shape index (κ3) is 2.49. The SMILES string of the molecule is N#Cc1ccc2c(Oc3ccccc3O)cc(F)cc2c1. The average Bonchev–Trinajstić information content (AvgIpc) is 2.48. The Morgan fingerprint density at radius 3 is 2.57 bits per heavy atom. The number of nitrogens with zero attached hydrogens (tertiary/aromatic N) is 1. The van der Waals surface area contributed by atoms with Gasteiger partial charge in [0.15, 0.2) is 11.5 Å². The fourth-order valence-electron chi connectivity index (χ4n) is 2.12. The minimum Gasteiger partial charge on any atom is -0.504 e. The molecule has 21 heavy (non-hydrogen) atoms. The number of aromatic hydroxyl groups is 1. The molecule has 3 aromatic carbocycles. The van der Waals surface area contributed by atoms with E-state index in [0.29, 0.717) is 16.3 Å². The Morgan fingerprint density at radius 1 is 1.00 bits per heavy atom. The number of phenolic OH excluding ortho intramolecular Hbond substituents is 1. The maximum absolute atomic E-state index is 13.7. The fourth-order valence-corrected chi connectivity index (χ4v) is 2.12. The van der Waals surface area contributed by atoms with Gasteiger partial charge < -0.3 is 9.84 Å². The molecule has 3 nitrogen and oxygen atoms in total. The predicted molar refractivity (Wildman–Crippen MR) is 76.8 cm³/mol. The van der Waals surface area contributed by atoms with Crippen molar-refractivity contribution in [3.63, 3.8) is 0 Å². The highest BCUT2D eigenvalue weighted by Gasteiger charge is 2.09. The topological polar surface area (TPSA) is 53.2 Å². The molecule has 3 rings (SSSR count). The molecule has 0 aromatic heterocycles. The molecule has 0 atom stereocenters. The lowest BCUT2D eigenvalue weighted by molar-refractivity contribution is 0.412. The number of ether oxygens (including phenoxy) is 1. The zero-order chi connectivity index (χ0) is 14.8. The molecule has 0 aliphatic heterocycles. The molecule has 0 bridgehead atoms. The van der Waals surface area contributed by atoms with Crippen molar-refractivity contribution in [1.29, 1.82) is 5.26 Å². The highest BCUT2D eigenvalue weighted by Crippen LogP contribution is 2.35. The van der Waals surface area contributed by atoms with E-state index in [1.807, 2.05) is 6.07 Å². The summed E-state index contributed by atoms with van der Waals surface area (Å²) in [5.41, 5.74) is 0.446. The first kappa shape index (κ1) is 12.9. The summed E-state index contributed by atoms with van der Waals surface area (Å²) in [6.07, 6.45) is 0. The summed E-state index contributed by atoms with van der Waals surface area (Å²) < 4.78 is 19.3. The number of halogens is 1. The van der Waals surface area contributed by atoms with E-state index in [1.54, 1.807) is 36.4 Å². The summed E-state index contributed by atoms with van der Waals surface area (Å²) in [6, 6.07) is 16.0. The Morgan fingerprint density at radius 2 is 1.81 bits per heavy atom. The second-order valence-corrected chi connectivity index (χ2v) is 4.52. The van der Waals surface area contributed by atoms with Gasteiger partial charge in [0, 0.05) is 11.5 Å². The molecule has 0 saturated carbocycles. The van der Waals surface area contributed by atoms with Gasteiger partial charge in [-0.1, -0.05) is 12.1 Å². The van der Waals surface area contributed by atoms with Gasteiger partial charge >= 0.3 is 0 Å². The van der Waals surface area contributed by atoms with Gasteiger partial charge in [0.2, 0.25) is 0 Å². The van der Waals surface area contributed by atoms with Crippen molar-refractivity contribution in [3.8, 4) is 23.3 Å². The molecule has 0 radical (unpaired) electrons. The Bertz CT molecular complexity index is 868. The predicted octanol–water partition coefficient (Wildman–Crippen LogP) is 4.35. The van der Waals surface area contributed by atoms with Gasteiger partial charge in [0.25, 0.3) is 0 Å². The Labute approximate surface area is 120 Å². The van der Waals surface area contributed by atoms with E-state index in [1.165, 1.54) is 18.2 Å². The van der Waals surface area contributed by atoms with Crippen LogP contribution in [0.15, 0.2) is 54.6 Å². The van der Waals surface area contributed by atoms with Crippen molar-refractivity contribution in [2.24, 2.45) is 0 Å². The van der Waals surface area contributed by atoms with Crippen molar-refractivity contribution in [1.82, 2.24) is 0 Å². The van der Waals surface area contributed by atoms with Crippen LogP contribution in [0.5, 0.6) is 17.2 Å². The van der Waals surface area contributed by atoms with Gasteiger partial charge in [-0.05, 0) is 41.8 Å². The summed E-state index contributed by atoms with van der Waals surface area (Å²) in [6.45, 7) is 0. The number of nitriles is 1. The second-order valence-electron chi connectivity index (χ2n) is 4.52. The van der Waals surface area contributed by atoms with Crippen molar-refractivity contribution >= 4 is 10.8 Å². The quantitative estimate of drug-likeness (QED) is 0.758. The highest BCUT2D eigenvalue weighted by atomic mass is 19.1. The smallest absolute Gasteiger partial charge is 0.169 e. The van der Waals surface area contributed by atoms with E-state index in [0.717, 1.165) is 0 Å². The van der Waals surface area contributed by atoms with Crippen molar-refractivity contribution in [2.75, 3.05) is 0 Å². The van der Waals surface area contributed by atoms with Crippen LogP contribution >= 0.6 is 0 Å². The van der Waals surface area contributed by atoms with E-state index >= 15 is 0 Å². The second kappa shape index (κ2) is 5.14. The van der Waals surface area contributed by atoms with Crippen LogP contribution in [0.25, 0.3) is 10.8 Å². The maximum atomic E-state index is 13.7. The first-order valence-electron chi connectivity index (χ1n) is 6.26. The summed E-state index contributed by atoms with van der Waals surface area (Å²) in [5, 5.41) is 19.9. The lowest BCUT2D eigenvalue weighted by Crippen LogP contribution is -1.89. The molecular weight excluding hydrogens is 269 g/mol. The molecule has 0 unspecified atom stereocenters. The van der Waals surface area contributed by atoms with Crippen LogP contribution in [0.2, 0.25) is 0 Å². The molecule has 0 fully saturated rings. The van der Waals surface area contributed by atoms with Gasteiger partial charge in [-0.15, -0.1) is 0 Å². The van der Waals surface area contributed by atoms with Crippen LogP contribution in [0, 0.1) is 17.1 Å². The van der Waals surface area contributed by atoms with Crippen molar-refractivity contribution in [2.45, 2.75) is 0 Å². The molecule has 0 spiro atoms. The number of benzene rings is 3. The highest BCUT2D eigenvalue weighted by molar-refractivity contribution is 5.89. The summed E-state index contributed by atoms with van der Waals surface area (Å²) in [7, 11) is 0. The monoisotopic (exact) mass is 279 g/mol. The summed E-state index contributed by atoms with van der Waals surface area (Å²) in [4.78, 5) is 0.